The summed E-state index contributed by atoms with van der Waals surface area (Å²) in [6, 6.07) is 5.84. The molecule has 144 valence electrons. The zero-order chi connectivity index (χ0) is 19.6. The fourth-order valence-electron chi connectivity index (χ4n) is 3.48. The lowest BCUT2D eigenvalue weighted by atomic mass is 9.88. The minimum atomic E-state index is -0.396. The van der Waals surface area contributed by atoms with Crippen molar-refractivity contribution < 1.29 is 19.1 Å². The number of anilines is 1. The lowest BCUT2D eigenvalue weighted by Crippen LogP contribution is -2.21. The summed E-state index contributed by atoms with van der Waals surface area (Å²) in [6.45, 7) is 6.07. The van der Waals surface area contributed by atoms with Gasteiger partial charge in [-0.25, -0.2) is 4.79 Å². The van der Waals surface area contributed by atoms with E-state index in [1.807, 2.05) is 32.0 Å². The normalized spacial score (nSPS) is 15.8. The van der Waals surface area contributed by atoms with Gasteiger partial charge >= 0.3 is 5.97 Å². The number of hydrogen-bond acceptors (Lipinski definition) is 5. The van der Waals surface area contributed by atoms with Crippen LogP contribution in [-0.4, -0.2) is 25.6 Å². The van der Waals surface area contributed by atoms with Crippen molar-refractivity contribution in [3.05, 3.63) is 45.3 Å². The van der Waals surface area contributed by atoms with Crippen LogP contribution in [-0.2, 0) is 22.4 Å². The Morgan fingerprint density at radius 2 is 1.93 bits per heavy atom. The number of carbonyl (C=O) groups excluding carboxylic acids is 2. The Morgan fingerprint density at radius 1 is 1.22 bits per heavy atom. The summed E-state index contributed by atoms with van der Waals surface area (Å²) in [5.41, 5.74) is 3.69. The van der Waals surface area contributed by atoms with E-state index in [0.717, 1.165) is 36.0 Å². The van der Waals surface area contributed by atoms with Crippen LogP contribution < -0.4 is 10.1 Å². The predicted octanol–water partition coefficient (Wildman–Crippen LogP) is 4.29. The van der Waals surface area contributed by atoms with Crippen LogP contribution in [0, 0.1) is 19.8 Å². The summed E-state index contributed by atoms with van der Waals surface area (Å²) in [4.78, 5) is 25.9. The maximum atomic E-state index is 12.4. The molecule has 5 nitrogen and oxygen atoms in total. The van der Waals surface area contributed by atoms with E-state index in [1.165, 1.54) is 23.3 Å². The number of amides is 1. The number of esters is 1. The Bertz CT molecular complexity index is 851. The van der Waals surface area contributed by atoms with E-state index < -0.39 is 5.97 Å². The fraction of sp³-hybridized carbons (Fsp3) is 0.429. The van der Waals surface area contributed by atoms with E-state index in [4.69, 9.17) is 9.47 Å². The van der Waals surface area contributed by atoms with Gasteiger partial charge < -0.3 is 14.8 Å². The maximum Gasteiger partial charge on any atom is 0.341 e. The van der Waals surface area contributed by atoms with Gasteiger partial charge in [0.2, 0.25) is 0 Å². The first-order valence-electron chi connectivity index (χ1n) is 9.11. The van der Waals surface area contributed by atoms with Crippen LogP contribution in [0.15, 0.2) is 18.2 Å². The van der Waals surface area contributed by atoms with E-state index in [9.17, 15) is 9.59 Å². The molecule has 1 atom stereocenters. The molecule has 27 heavy (non-hydrogen) atoms. The molecule has 0 saturated carbocycles. The summed E-state index contributed by atoms with van der Waals surface area (Å²) in [5.74, 6) is 0.562. The summed E-state index contributed by atoms with van der Waals surface area (Å²) >= 11 is 1.48. The van der Waals surface area contributed by atoms with Gasteiger partial charge in [-0.1, -0.05) is 13.0 Å². The zero-order valence-electron chi connectivity index (χ0n) is 16.2. The average molecular weight is 388 g/mol. The number of ether oxygens (including phenoxy) is 2. The highest BCUT2D eigenvalue weighted by Crippen LogP contribution is 2.40. The molecule has 1 aliphatic rings. The summed E-state index contributed by atoms with van der Waals surface area (Å²) in [7, 11) is 1.37. The van der Waals surface area contributed by atoms with E-state index >= 15 is 0 Å². The molecular weight excluding hydrogens is 362 g/mol. The highest BCUT2D eigenvalue weighted by Gasteiger charge is 2.28. The van der Waals surface area contributed by atoms with Gasteiger partial charge in [-0.15, -0.1) is 11.3 Å². The van der Waals surface area contributed by atoms with Gasteiger partial charge in [0.15, 0.2) is 6.61 Å². The third-order valence-electron chi connectivity index (χ3n) is 4.72. The molecule has 1 N–H and O–H groups in total. The molecule has 0 saturated heterocycles. The summed E-state index contributed by atoms with van der Waals surface area (Å²) in [6.07, 6.45) is 2.81. The number of fused-ring (bicyclic) bond motifs is 1. The monoisotopic (exact) mass is 387 g/mol. The molecule has 1 aromatic heterocycles. The molecule has 0 unspecified atom stereocenters. The smallest absolute Gasteiger partial charge is 0.341 e. The summed E-state index contributed by atoms with van der Waals surface area (Å²) < 4.78 is 10.6. The molecule has 2 aromatic rings. The molecule has 1 amide bonds. The first-order valence-corrected chi connectivity index (χ1v) is 9.92. The largest absolute Gasteiger partial charge is 0.484 e. The van der Waals surface area contributed by atoms with Crippen LogP contribution in [0.3, 0.4) is 0 Å². The molecular formula is C21H25NO4S. The Kier molecular flexibility index (Phi) is 5.85. The van der Waals surface area contributed by atoms with E-state index in [1.54, 1.807) is 0 Å². The van der Waals surface area contributed by atoms with Crippen LogP contribution in [0.5, 0.6) is 5.75 Å². The lowest BCUT2D eigenvalue weighted by Gasteiger charge is -2.18. The predicted molar refractivity (Wildman–Crippen MR) is 107 cm³/mol. The number of nitrogens with one attached hydrogen (secondary N) is 1. The SMILES string of the molecule is COC(=O)c1c(NC(=O)COc2cc(C)cc(C)c2)sc2c1CC[C@H](C)C2. The fourth-order valence-corrected chi connectivity index (χ4v) is 4.90. The molecule has 0 fully saturated rings. The number of thiophene rings is 1. The molecule has 1 aromatic carbocycles. The average Bonchev–Trinajstić information content (AvgIpc) is 2.95. The minimum absolute atomic E-state index is 0.109. The van der Waals surface area contributed by atoms with Crippen LogP contribution in [0.1, 0.15) is 45.3 Å². The molecule has 3 rings (SSSR count). The van der Waals surface area contributed by atoms with Gasteiger partial charge in [0.25, 0.3) is 5.91 Å². The molecule has 0 bridgehead atoms. The van der Waals surface area contributed by atoms with Crippen molar-refractivity contribution >= 4 is 28.2 Å². The standard InChI is InChI=1S/C21H25NO4S/c1-12-5-6-16-17(10-12)27-20(19(16)21(24)25-4)22-18(23)11-26-15-8-13(2)7-14(3)9-15/h7-9,12H,5-6,10-11H2,1-4H3,(H,22,23)/t12-/m0/s1. The van der Waals surface area contributed by atoms with Crippen molar-refractivity contribution in [2.24, 2.45) is 5.92 Å². The van der Waals surface area contributed by atoms with E-state index in [0.29, 0.717) is 22.2 Å². The van der Waals surface area contributed by atoms with Crippen molar-refractivity contribution in [3.8, 4) is 5.75 Å². The van der Waals surface area contributed by atoms with Gasteiger partial charge in [-0.3, -0.25) is 4.79 Å². The molecule has 6 heteroatoms. The molecule has 0 spiro atoms. The number of carbonyl (C=O) groups is 2. The molecule has 0 radical (unpaired) electrons. The highest BCUT2D eigenvalue weighted by atomic mass is 32.1. The van der Waals surface area contributed by atoms with Crippen LogP contribution in [0.4, 0.5) is 5.00 Å². The number of rotatable bonds is 5. The lowest BCUT2D eigenvalue weighted by molar-refractivity contribution is -0.118. The van der Waals surface area contributed by atoms with Crippen molar-refractivity contribution in [1.82, 2.24) is 0 Å². The van der Waals surface area contributed by atoms with Crippen molar-refractivity contribution in [3.63, 3.8) is 0 Å². The number of hydrogen-bond donors (Lipinski definition) is 1. The highest BCUT2D eigenvalue weighted by molar-refractivity contribution is 7.17. The van der Waals surface area contributed by atoms with Crippen molar-refractivity contribution in [2.45, 2.75) is 40.0 Å². The second kappa shape index (κ2) is 8.13. The van der Waals surface area contributed by atoms with Crippen LogP contribution in [0.25, 0.3) is 0 Å². The molecule has 1 heterocycles. The Labute approximate surface area is 163 Å². The van der Waals surface area contributed by atoms with Gasteiger partial charge in [0, 0.05) is 4.88 Å². The first-order chi connectivity index (χ1) is 12.9. The maximum absolute atomic E-state index is 12.4. The van der Waals surface area contributed by atoms with Gasteiger partial charge in [-0.2, -0.15) is 0 Å². The minimum Gasteiger partial charge on any atom is -0.484 e. The molecule has 1 aliphatic carbocycles. The van der Waals surface area contributed by atoms with Crippen molar-refractivity contribution in [1.29, 1.82) is 0 Å². The zero-order valence-corrected chi connectivity index (χ0v) is 17.0. The van der Waals surface area contributed by atoms with Gasteiger partial charge in [-0.05, 0) is 67.9 Å². The van der Waals surface area contributed by atoms with Gasteiger partial charge in [0.1, 0.15) is 10.8 Å². The van der Waals surface area contributed by atoms with Crippen LogP contribution in [0.2, 0.25) is 0 Å². The second-order valence-electron chi connectivity index (χ2n) is 7.21. The molecule has 0 aliphatic heterocycles. The van der Waals surface area contributed by atoms with Crippen molar-refractivity contribution in [2.75, 3.05) is 19.0 Å². The first kappa shape index (κ1) is 19.4. The number of benzene rings is 1. The van der Waals surface area contributed by atoms with Gasteiger partial charge in [0.05, 0.1) is 12.7 Å². The Balaban J connectivity index is 1.74. The number of aryl methyl sites for hydroxylation is 2. The summed E-state index contributed by atoms with van der Waals surface area (Å²) in [5, 5.41) is 3.42. The topological polar surface area (TPSA) is 64.6 Å². The third kappa shape index (κ3) is 4.50. The van der Waals surface area contributed by atoms with Crippen LogP contribution >= 0.6 is 11.3 Å². The Morgan fingerprint density at radius 3 is 2.59 bits per heavy atom. The second-order valence-corrected chi connectivity index (χ2v) is 8.31. The van der Waals surface area contributed by atoms with E-state index in [2.05, 4.69) is 12.2 Å². The third-order valence-corrected chi connectivity index (χ3v) is 5.89. The quantitative estimate of drug-likeness (QED) is 0.777. The Hall–Kier alpha value is -2.34. The number of methoxy groups -OCH3 is 1. The van der Waals surface area contributed by atoms with E-state index in [-0.39, 0.29) is 12.5 Å².